The number of unbranched alkanes of at least 4 members (excludes halogenated alkanes) is 2. The number of ether oxygens (including phenoxy) is 1. The number of benzene rings is 1. The molecule has 0 spiro atoms. The third-order valence-electron chi connectivity index (χ3n) is 3.96. The summed E-state index contributed by atoms with van der Waals surface area (Å²) in [5, 5.41) is 5.92. The van der Waals surface area contributed by atoms with Crippen LogP contribution in [0.2, 0.25) is 0 Å². The molecule has 1 N–H and O–H groups in total. The molecule has 1 aromatic carbocycles. The van der Waals surface area contributed by atoms with E-state index in [0.29, 0.717) is 13.0 Å². The molecule has 0 aliphatic carbocycles. The molecule has 136 valence electrons. The number of rotatable bonds is 10. The van der Waals surface area contributed by atoms with Crippen LogP contribution < -0.4 is 10.1 Å². The van der Waals surface area contributed by atoms with Gasteiger partial charge in [-0.25, -0.2) is 4.98 Å². The third kappa shape index (κ3) is 6.16. The second-order valence-electron chi connectivity index (χ2n) is 6.21. The van der Waals surface area contributed by atoms with Crippen molar-refractivity contribution in [1.82, 2.24) is 10.3 Å². The minimum absolute atomic E-state index is 0.0407. The summed E-state index contributed by atoms with van der Waals surface area (Å²) in [6.45, 7) is 6.84. The lowest BCUT2D eigenvalue weighted by molar-refractivity contribution is -0.121. The predicted octanol–water partition coefficient (Wildman–Crippen LogP) is 4.84. The molecular weight excluding hydrogens is 332 g/mol. The van der Waals surface area contributed by atoms with Crippen molar-refractivity contribution in [2.24, 2.45) is 0 Å². The zero-order valence-corrected chi connectivity index (χ0v) is 16.2. The summed E-state index contributed by atoms with van der Waals surface area (Å²) in [4.78, 5) is 16.8. The largest absolute Gasteiger partial charge is 0.493 e. The summed E-state index contributed by atoms with van der Waals surface area (Å²) < 4.78 is 5.67. The van der Waals surface area contributed by atoms with Crippen molar-refractivity contribution < 1.29 is 9.53 Å². The maximum Gasteiger partial charge on any atom is 0.226 e. The van der Waals surface area contributed by atoms with Gasteiger partial charge in [-0.1, -0.05) is 38.3 Å². The number of carbonyl (C=O) groups excluding carboxylic acids is 1. The van der Waals surface area contributed by atoms with Gasteiger partial charge in [0, 0.05) is 11.4 Å². The Hall–Kier alpha value is -1.88. The smallest absolute Gasteiger partial charge is 0.226 e. The highest BCUT2D eigenvalue weighted by Crippen LogP contribution is 2.32. The van der Waals surface area contributed by atoms with E-state index in [0.717, 1.165) is 34.9 Å². The van der Waals surface area contributed by atoms with E-state index < -0.39 is 0 Å². The van der Waals surface area contributed by atoms with Gasteiger partial charge in [-0.05, 0) is 32.4 Å². The molecule has 25 heavy (non-hydrogen) atoms. The minimum Gasteiger partial charge on any atom is -0.493 e. The molecule has 0 radical (unpaired) electrons. The molecule has 2 rings (SSSR count). The van der Waals surface area contributed by atoms with Crippen LogP contribution in [0.25, 0.3) is 10.6 Å². The zero-order valence-electron chi connectivity index (χ0n) is 15.4. The lowest BCUT2D eigenvalue weighted by Gasteiger charge is -2.13. The van der Waals surface area contributed by atoms with Gasteiger partial charge < -0.3 is 10.1 Å². The Kier molecular flexibility index (Phi) is 7.92. The van der Waals surface area contributed by atoms with E-state index in [1.807, 2.05) is 36.6 Å². The Morgan fingerprint density at radius 1 is 1.28 bits per heavy atom. The van der Waals surface area contributed by atoms with Gasteiger partial charge in [0.1, 0.15) is 10.8 Å². The molecule has 5 heteroatoms. The van der Waals surface area contributed by atoms with Crippen molar-refractivity contribution in [3.63, 3.8) is 0 Å². The van der Waals surface area contributed by atoms with E-state index >= 15 is 0 Å². The van der Waals surface area contributed by atoms with Crippen LogP contribution in [-0.2, 0) is 11.2 Å². The third-order valence-corrected chi connectivity index (χ3v) is 4.88. The second-order valence-corrected chi connectivity index (χ2v) is 7.07. The summed E-state index contributed by atoms with van der Waals surface area (Å²) >= 11 is 1.55. The van der Waals surface area contributed by atoms with Crippen molar-refractivity contribution >= 4 is 17.2 Å². The Morgan fingerprint density at radius 3 is 2.84 bits per heavy atom. The standard InChI is InChI=1S/C20H28N2O2S/c1-4-6-7-10-15(3)21-19(23)13-16-14-25-20(22-16)17-11-8-9-12-18(17)24-5-2/h8-9,11-12,14-15H,4-7,10,13H2,1-3H3,(H,21,23). The molecule has 1 amide bonds. The van der Waals surface area contributed by atoms with Gasteiger partial charge >= 0.3 is 0 Å². The van der Waals surface area contributed by atoms with Gasteiger partial charge in [0.25, 0.3) is 0 Å². The quantitative estimate of drug-likeness (QED) is 0.617. The van der Waals surface area contributed by atoms with E-state index in [1.54, 1.807) is 11.3 Å². The molecule has 1 heterocycles. The number of nitrogens with zero attached hydrogens (tertiary/aromatic N) is 1. The molecule has 4 nitrogen and oxygen atoms in total. The average molecular weight is 361 g/mol. The maximum atomic E-state index is 12.2. The molecule has 0 aliphatic heterocycles. The van der Waals surface area contributed by atoms with Gasteiger partial charge in [0.05, 0.1) is 24.3 Å². The fraction of sp³-hybridized carbons (Fsp3) is 0.500. The Balaban J connectivity index is 1.94. The summed E-state index contributed by atoms with van der Waals surface area (Å²) in [6, 6.07) is 8.10. The first-order valence-corrected chi connectivity index (χ1v) is 9.98. The number of hydrogen-bond donors (Lipinski definition) is 1. The lowest BCUT2D eigenvalue weighted by Crippen LogP contribution is -2.33. The molecule has 0 fully saturated rings. The molecule has 0 saturated carbocycles. The lowest BCUT2D eigenvalue weighted by atomic mass is 10.1. The number of carbonyl (C=O) groups is 1. The second kappa shape index (κ2) is 10.2. The van der Waals surface area contributed by atoms with Crippen LogP contribution in [0.4, 0.5) is 0 Å². The normalized spacial score (nSPS) is 12.0. The number of para-hydroxylation sites is 1. The van der Waals surface area contributed by atoms with E-state index in [9.17, 15) is 4.79 Å². The Labute approximate surface area is 154 Å². The number of nitrogens with one attached hydrogen (secondary N) is 1. The van der Waals surface area contributed by atoms with E-state index in [1.165, 1.54) is 12.8 Å². The van der Waals surface area contributed by atoms with Crippen LogP contribution >= 0.6 is 11.3 Å². The van der Waals surface area contributed by atoms with Crippen molar-refractivity contribution in [2.75, 3.05) is 6.61 Å². The van der Waals surface area contributed by atoms with Crippen LogP contribution in [-0.4, -0.2) is 23.5 Å². The van der Waals surface area contributed by atoms with Gasteiger partial charge in [-0.3, -0.25) is 4.79 Å². The maximum absolute atomic E-state index is 12.2. The molecule has 0 aliphatic rings. The predicted molar refractivity (Wildman–Crippen MR) is 104 cm³/mol. The molecule has 1 atom stereocenters. The molecule has 2 aromatic rings. The minimum atomic E-state index is 0.0407. The average Bonchev–Trinajstić information content (AvgIpc) is 3.04. The van der Waals surface area contributed by atoms with Crippen LogP contribution in [0.3, 0.4) is 0 Å². The van der Waals surface area contributed by atoms with Gasteiger partial charge in [0.2, 0.25) is 5.91 Å². The number of aromatic nitrogens is 1. The highest BCUT2D eigenvalue weighted by Gasteiger charge is 2.13. The highest BCUT2D eigenvalue weighted by molar-refractivity contribution is 7.13. The van der Waals surface area contributed by atoms with Gasteiger partial charge in [-0.2, -0.15) is 0 Å². The number of thiazole rings is 1. The summed E-state index contributed by atoms with van der Waals surface area (Å²) in [7, 11) is 0. The van der Waals surface area contributed by atoms with E-state index in [4.69, 9.17) is 4.74 Å². The number of amides is 1. The first-order chi connectivity index (χ1) is 12.1. The number of hydrogen-bond acceptors (Lipinski definition) is 4. The topological polar surface area (TPSA) is 51.2 Å². The van der Waals surface area contributed by atoms with Crippen molar-refractivity contribution in [3.05, 3.63) is 35.3 Å². The van der Waals surface area contributed by atoms with Crippen LogP contribution in [0.1, 0.15) is 52.1 Å². The summed E-state index contributed by atoms with van der Waals surface area (Å²) in [6.07, 6.45) is 4.93. The molecule has 1 unspecified atom stereocenters. The zero-order chi connectivity index (χ0) is 18.1. The Morgan fingerprint density at radius 2 is 2.08 bits per heavy atom. The fourth-order valence-corrected chi connectivity index (χ4v) is 3.55. The summed E-state index contributed by atoms with van der Waals surface area (Å²) in [5.41, 5.74) is 1.79. The van der Waals surface area contributed by atoms with Crippen LogP contribution in [0.15, 0.2) is 29.6 Å². The first-order valence-electron chi connectivity index (χ1n) is 9.10. The Bertz CT molecular complexity index is 669. The highest BCUT2D eigenvalue weighted by atomic mass is 32.1. The first kappa shape index (κ1) is 19.4. The summed E-state index contributed by atoms with van der Waals surface area (Å²) in [5.74, 6) is 0.874. The van der Waals surface area contributed by atoms with Crippen molar-refractivity contribution in [3.8, 4) is 16.3 Å². The van der Waals surface area contributed by atoms with Gasteiger partial charge in [0.15, 0.2) is 0 Å². The van der Waals surface area contributed by atoms with Crippen LogP contribution in [0.5, 0.6) is 5.75 Å². The SMILES string of the molecule is CCCCCC(C)NC(=O)Cc1csc(-c2ccccc2OCC)n1. The molecule has 0 saturated heterocycles. The van der Waals surface area contributed by atoms with Gasteiger partial charge in [-0.15, -0.1) is 11.3 Å². The molecule has 1 aromatic heterocycles. The van der Waals surface area contributed by atoms with Crippen molar-refractivity contribution in [2.45, 2.75) is 58.9 Å². The molecular formula is C20H28N2O2S. The molecule has 0 bridgehead atoms. The van der Waals surface area contributed by atoms with E-state index in [2.05, 4.69) is 24.1 Å². The van der Waals surface area contributed by atoms with Crippen molar-refractivity contribution in [1.29, 1.82) is 0 Å². The van der Waals surface area contributed by atoms with E-state index in [-0.39, 0.29) is 11.9 Å². The monoisotopic (exact) mass is 360 g/mol. The fourth-order valence-electron chi connectivity index (χ4n) is 2.70. The van der Waals surface area contributed by atoms with Crippen LogP contribution in [0, 0.1) is 0 Å².